The molecule has 7 aliphatic carbocycles. The van der Waals surface area contributed by atoms with Crippen LogP contribution in [0.1, 0.15) is 152 Å². The molecule has 8 rings (SSSR count). The molecular weight excluding hydrogens is 701 g/mol. The van der Waals surface area contributed by atoms with Gasteiger partial charge in [-0.05, 0) is 134 Å². The SMILES string of the molecule is CC(C)C1=C2C([C@@H](O)CNC[C@@H]3CCCCN3)(CC[C@]3(C)C2(C)CC[C@H]2C3(C)CC[C@@]34CC#C[C@]3(C)[C@@H](OC(=O)C3C[C@@H](C(=O)O)C3(C)C)CC[C@]24C)CC1=O. The summed E-state index contributed by atoms with van der Waals surface area (Å²) >= 11 is 0. The summed E-state index contributed by atoms with van der Waals surface area (Å²) in [5.74, 6) is 6.10. The zero-order chi connectivity index (χ0) is 40.5. The van der Waals surface area contributed by atoms with Crippen molar-refractivity contribution < 1.29 is 29.3 Å². The normalized spacial score (nSPS) is 48.0. The van der Waals surface area contributed by atoms with Crippen molar-refractivity contribution in [3.8, 4) is 11.8 Å². The van der Waals surface area contributed by atoms with Crippen molar-refractivity contribution in [2.45, 2.75) is 170 Å². The van der Waals surface area contributed by atoms with E-state index < -0.39 is 40.2 Å². The van der Waals surface area contributed by atoms with Crippen LogP contribution in [-0.2, 0) is 19.1 Å². The molecule has 8 nitrogen and oxygen atoms in total. The summed E-state index contributed by atoms with van der Waals surface area (Å²) in [4.78, 5) is 40.0. The van der Waals surface area contributed by atoms with E-state index in [-0.39, 0.29) is 50.8 Å². The predicted molar refractivity (Wildman–Crippen MR) is 217 cm³/mol. The van der Waals surface area contributed by atoms with Gasteiger partial charge in [-0.2, -0.15) is 0 Å². The predicted octanol–water partition coefficient (Wildman–Crippen LogP) is 7.87. The number of hydrogen-bond acceptors (Lipinski definition) is 7. The van der Waals surface area contributed by atoms with Crippen LogP contribution in [0.15, 0.2) is 11.1 Å². The van der Waals surface area contributed by atoms with Crippen LogP contribution in [0.2, 0.25) is 0 Å². The minimum atomic E-state index is -0.835. The fraction of sp³-hybridized carbons (Fsp3) is 0.854. The molecule has 0 aromatic carbocycles. The first-order valence-corrected chi connectivity index (χ1v) is 22.5. The number of esters is 1. The fourth-order valence-electron chi connectivity index (χ4n) is 16.2. The van der Waals surface area contributed by atoms with E-state index >= 15 is 0 Å². The van der Waals surface area contributed by atoms with Gasteiger partial charge in [0.1, 0.15) is 6.10 Å². The summed E-state index contributed by atoms with van der Waals surface area (Å²) in [6.07, 6.45) is 12.0. The molecule has 4 unspecified atom stereocenters. The number of aliphatic hydroxyl groups excluding tert-OH is 1. The second kappa shape index (κ2) is 13.1. The monoisotopic (exact) mass is 773 g/mol. The number of ether oxygens (including phenoxy) is 1. The molecule has 310 valence electrons. The molecule has 1 spiro atoms. The number of rotatable bonds is 9. The lowest BCUT2D eigenvalue weighted by Gasteiger charge is -2.77. The summed E-state index contributed by atoms with van der Waals surface area (Å²) in [6.45, 7) is 23.1. The maximum atomic E-state index is 14.3. The molecule has 0 aromatic rings. The summed E-state index contributed by atoms with van der Waals surface area (Å²) in [5.41, 5.74) is 0.205. The van der Waals surface area contributed by atoms with Gasteiger partial charge in [0.05, 0.1) is 23.4 Å². The van der Waals surface area contributed by atoms with Gasteiger partial charge >= 0.3 is 11.9 Å². The molecule has 8 aliphatic rings. The van der Waals surface area contributed by atoms with Gasteiger partial charge in [0.25, 0.3) is 0 Å². The first-order valence-electron chi connectivity index (χ1n) is 22.5. The van der Waals surface area contributed by atoms with Gasteiger partial charge in [0, 0.05) is 42.8 Å². The molecule has 1 heterocycles. The standard InChI is InChI=1S/C48H72N2O6/c1-29(2)37-33(51)26-47(35(52)28-49-27-30-13-10-11-24-50-30)22-21-46(9)42(5)20-23-48-17-12-16-44(48,7)36(56-40(55)32-25-31(39(53)54)41(32,3)4)15-19-43(48,6)34(42)14-18-45(46,8)38(37)47/h29-32,34-36,49-50,52H,10-11,13-15,17-28H2,1-9H3,(H,53,54)/t30-,31-,32?,34-,35-,36-,42?,43+,44+,45?,46-,47?,48+/m0/s1. The summed E-state index contributed by atoms with van der Waals surface area (Å²) in [5, 5.41) is 29.4. The van der Waals surface area contributed by atoms with E-state index in [4.69, 9.17) is 4.74 Å². The lowest BCUT2D eigenvalue weighted by atomic mass is 9.27. The van der Waals surface area contributed by atoms with Crippen LogP contribution in [-0.4, -0.2) is 65.8 Å². The lowest BCUT2D eigenvalue weighted by molar-refractivity contribution is -0.279. The Kier molecular flexibility index (Phi) is 9.52. The second-order valence-corrected chi connectivity index (χ2v) is 22.3. The van der Waals surface area contributed by atoms with Crippen molar-refractivity contribution in [2.75, 3.05) is 19.6 Å². The molecule has 0 radical (unpaired) electrons. The summed E-state index contributed by atoms with van der Waals surface area (Å²) in [7, 11) is 0. The number of carboxylic acids is 1. The Balaban J connectivity index is 1.09. The first kappa shape index (κ1) is 40.6. The van der Waals surface area contributed by atoms with Crippen molar-refractivity contribution in [3.05, 3.63) is 11.1 Å². The summed E-state index contributed by atoms with van der Waals surface area (Å²) < 4.78 is 6.53. The van der Waals surface area contributed by atoms with Gasteiger partial charge < -0.3 is 25.6 Å². The van der Waals surface area contributed by atoms with E-state index in [2.05, 4.69) is 70.9 Å². The number of carbonyl (C=O) groups excluding carboxylic acids is 2. The van der Waals surface area contributed by atoms with Crippen molar-refractivity contribution in [2.24, 2.45) is 67.0 Å². The van der Waals surface area contributed by atoms with Crippen molar-refractivity contribution in [1.82, 2.24) is 10.6 Å². The number of aliphatic carboxylic acids is 1. The number of Topliss-reactive ketones (excluding diaryl/α,β-unsaturated/α-hetero) is 1. The molecular formula is C48H72N2O6. The number of nitrogens with one attached hydrogen (secondary N) is 2. The Labute approximate surface area is 336 Å². The molecule has 8 heteroatoms. The van der Waals surface area contributed by atoms with Crippen molar-refractivity contribution in [3.63, 3.8) is 0 Å². The largest absolute Gasteiger partial charge is 0.481 e. The number of carbonyl (C=O) groups is 3. The fourth-order valence-corrected chi connectivity index (χ4v) is 16.2. The number of allylic oxidation sites excluding steroid dienone is 1. The van der Waals surface area contributed by atoms with Crippen LogP contribution >= 0.6 is 0 Å². The molecule has 56 heavy (non-hydrogen) atoms. The highest BCUT2D eigenvalue weighted by atomic mass is 16.5. The molecule has 1 saturated heterocycles. The topological polar surface area (TPSA) is 125 Å². The third-order valence-corrected chi connectivity index (χ3v) is 20.0. The number of ketones is 1. The quantitative estimate of drug-likeness (QED) is 0.138. The highest BCUT2D eigenvalue weighted by Crippen LogP contribution is 2.83. The molecule has 1 aliphatic heterocycles. The van der Waals surface area contributed by atoms with Crippen LogP contribution in [0, 0.1) is 78.8 Å². The number of hydrogen-bond donors (Lipinski definition) is 4. The lowest BCUT2D eigenvalue weighted by Crippen LogP contribution is -2.72. The Hall–Kier alpha value is -2.21. The molecule has 4 N–H and O–H groups in total. The molecule has 6 fully saturated rings. The van der Waals surface area contributed by atoms with Crippen LogP contribution in [0.5, 0.6) is 0 Å². The van der Waals surface area contributed by atoms with E-state index in [1.165, 1.54) is 18.4 Å². The number of piperidine rings is 1. The van der Waals surface area contributed by atoms with E-state index in [9.17, 15) is 24.6 Å². The van der Waals surface area contributed by atoms with Crippen molar-refractivity contribution >= 4 is 17.7 Å². The van der Waals surface area contributed by atoms with Crippen LogP contribution in [0.3, 0.4) is 0 Å². The van der Waals surface area contributed by atoms with E-state index in [0.717, 1.165) is 82.9 Å². The van der Waals surface area contributed by atoms with Gasteiger partial charge in [-0.25, -0.2) is 0 Å². The third-order valence-electron chi connectivity index (χ3n) is 20.0. The minimum absolute atomic E-state index is 0.00243. The zero-order valence-corrected chi connectivity index (χ0v) is 36.1. The maximum absolute atomic E-state index is 14.3. The van der Waals surface area contributed by atoms with E-state index in [1.807, 2.05) is 13.8 Å². The van der Waals surface area contributed by atoms with Gasteiger partial charge in [0.2, 0.25) is 0 Å². The van der Waals surface area contributed by atoms with E-state index in [1.54, 1.807) is 0 Å². The summed E-state index contributed by atoms with van der Waals surface area (Å²) in [6, 6.07) is 0.439. The Morgan fingerprint density at radius 1 is 0.929 bits per heavy atom. The van der Waals surface area contributed by atoms with Gasteiger partial charge in [0.15, 0.2) is 5.78 Å². The minimum Gasteiger partial charge on any atom is -0.481 e. The first-order chi connectivity index (χ1) is 26.2. The Morgan fingerprint density at radius 2 is 1.68 bits per heavy atom. The number of aliphatic hydroxyl groups is 1. The molecule has 5 saturated carbocycles. The number of carboxylic acid groups (broad SMARTS) is 1. The average Bonchev–Trinajstić information content (AvgIpc) is 3.66. The van der Waals surface area contributed by atoms with Crippen LogP contribution < -0.4 is 10.6 Å². The average molecular weight is 773 g/mol. The second-order valence-electron chi connectivity index (χ2n) is 22.3. The highest BCUT2D eigenvalue weighted by molar-refractivity contribution is 6.01. The molecule has 0 aromatic heterocycles. The van der Waals surface area contributed by atoms with E-state index in [0.29, 0.717) is 31.3 Å². The van der Waals surface area contributed by atoms with Gasteiger partial charge in [-0.1, -0.05) is 67.7 Å². The third kappa shape index (κ3) is 5.04. The molecule has 0 bridgehead atoms. The number of fused-ring (bicyclic) bond motifs is 6. The Morgan fingerprint density at radius 3 is 2.34 bits per heavy atom. The smallest absolute Gasteiger partial charge is 0.309 e. The highest BCUT2D eigenvalue weighted by Gasteiger charge is 2.78. The molecule has 0 amide bonds. The van der Waals surface area contributed by atoms with Gasteiger partial charge in [-0.3, -0.25) is 14.4 Å². The van der Waals surface area contributed by atoms with Crippen LogP contribution in [0.25, 0.3) is 0 Å². The van der Waals surface area contributed by atoms with Crippen molar-refractivity contribution in [1.29, 1.82) is 0 Å². The maximum Gasteiger partial charge on any atom is 0.309 e. The Bertz CT molecular complexity index is 1770. The zero-order valence-electron chi connectivity index (χ0n) is 36.1. The molecule has 13 atom stereocenters. The van der Waals surface area contributed by atoms with Crippen LogP contribution in [0.4, 0.5) is 0 Å². The van der Waals surface area contributed by atoms with Gasteiger partial charge in [-0.15, -0.1) is 5.92 Å².